The summed E-state index contributed by atoms with van der Waals surface area (Å²) in [5, 5.41) is 18.5. The molecule has 2 N–H and O–H groups in total. The number of hydrogen-bond acceptors (Lipinski definition) is 6. The minimum atomic E-state index is -1.07. The number of rotatable bonds is 7. The van der Waals surface area contributed by atoms with Gasteiger partial charge in [0.05, 0.1) is 12.6 Å². The summed E-state index contributed by atoms with van der Waals surface area (Å²) in [6.45, 7) is -0.0668. The number of hydrogen-bond donors (Lipinski definition) is 2. The molecule has 10 heteroatoms. The van der Waals surface area contributed by atoms with Gasteiger partial charge in [-0.05, 0) is 29.8 Å². The zero-order valence-corrected chi connectivity index (χ0v) is 15.7. The zero-order valence-electron chi connectivity index (χ0n) is 14.8. The first kappa shape index (κ1) is 20.5. The van der Waals surface area contributed by atoms with E-state index in [1.165, 1.54) is 12.3 Å². The van der Waals surface area contributed by atoms with Crippen molar-refractivity contribution in [3.63, 3.8) is 0 Å². The lowest BCUT2D eigenvalue weighted by molar-refractivity contribution is -0.138. The van der Waals surface area contributed by atoms with Crippen LogP contribution in [0.4, 0.5) is 8.78 Å². The molecule has 1 saturated heterocycles. The van der Waals surface area contributed by atoms with Crippen LogP contribution in [0.1, 0.15) is 17.5 Å². The second kappa shape index (κ2) is 9.28. The Morgan fingerprint density at radius 1 is 1.28 bits per heavy atom. The number of thioether (sulfide) groups is 1. The molecule has 1 unspecified atom stereocenters. The molecule has 0 radical (unpaired) electrons. The van der Waals surface area contributed by atoms with Gasteiger partial charge in [-0.1, -0.05) is 23.9 Å². The SMILES string of the molecule is O=C(O)CC1SC(=NN=Cc2cccc(OCc3ccc(F)cc3F)c2)NC1=O. The molecule has 0 saturated carbocycles. The minimum absolute atomic E-state index is 0.0668. The van der Waals surface area contributed by atoms with Gasteiger partial charge < -0.3 is 15.2 Å². The summed E-state index contributed by atoms with van der Waals surface area (Å²) in [6, 6.07) is 10.0. The van der Waals surface area contributed by atoms with Crippen molar-refractivity contribution in [2.45, 2.75) is 18.3 Å². The maximum atomic E-state index is 13.7. The predicted octanol–water partition coefficient (Wildman–Crippen LogP) is 2.94. The molecule has 0 spiro atoms. The summed E-state index contributed by atoms with van der Waals surface area (Å²) in [7, 11) is 0. The van der Waals surface area contributed by atoms with Crippen LogP contribution in [0, 0.1) is 11.6 Å². The van der Waals surface area contributed by atoms with Gasteiger partial charge in [-0.25, -0.2) is 8.78 Å². The van der Waals surface area contributed by atoms with Gasteiger partial charge >= 0.3 is 5.97 Å². The molecule has 1 aliphatic heterocycles. The fourth-order valence-corrected chi connectivity index (χ4v) is 3.29. The van der Waals surface area contributed by atoms with Crippen LogP contribution in [0.3, 0.4) is 0 Å². The van der Waals surface area contributed by atoms with Crippen molar-refractivity contribution >= 4 is 35.0 Å². The Morgan fingerprint density at radius 2 is 2.10 bits per heavy atom. The quantitative estimate of drug-likeness (QED) is 0.531. The number of carbonyl (C=O) groups excluding carboxylic acids is 1. The highest BCUT2D eigenvalue weighted by Gasteiger charge is 2.32. The lowest BCUT2D eigenvalue weighted by Crippen LogP contribution is -2.26. The molecule has 1 atom stereocenters. The second-order valence-corrected chi connectivity index (χ2v) is 7.13. The Balaban J connectivity index is 1.59. The van der Waals surface area contributed by atoms with Gasteiger partial charge in [-0.15, -0.1) is 5.10 Å². The summed E-state index contributed by atoms with van der Waals surface area (Å²) in [6.07, 6.45) is 1.13. The molecule has 0 aliphatic carbocycles. The van der Waals surface area contributed by atoms with Crippen molar-refractivity contribution in [1.82, 2.24) is 5.32 Å². The number of nitrogens with one attached hydrogen (secondary N) is 1. The number of carboxylic acids is 1. The number of nitrogens with zero attached hydrogens (tertiary/aromatic N) is 2. The summed E-state index contributed by atoms with van der Waals surface area (Å²) in [5.41, 5.74) is 0.865. The Hall–Kier alpha value is -3.27. The maximum Gasteiger partial charge on any atom is 0.305 e. The highest BCUT2D eigenvalue weighted by molar-refractivity contribution is 8.15. The Morgan fingerprint density at radius 3 is 2.86 bits per heavy atom. The van der Waals surface area contributed by atoms with Crippen LogP contribution in [0.25, 0.3) is 0 Å². The van der Waals surface area contributed by atoms with Gasteiger partial charge in [-0.3, -0.25) is 9.59 Å². The average molecular weight is 419 g/mol. The van der Waals surface area contributed by atoms with Crippen LogP contribution in [0.2, 0.25) is 0 Å². The fraction of sp³-hybridized carbons (Fsp3) is 0.158. The van der Waals surface area contributed by atoms with Gasteiger partial charge in [0.15, 0.2) is 5.17 Å². The number of aliphatic carboxylic acids is 1. The number of carboxylic acid groups (broad SMARTS) is 1. The van der Waals surface area contributed by atoms with E-state index < -0.39 is 28.8 Å². The summed E-state index contributed by atoms with van der Waals surface area (Å²) in [5.74, 6) is -2.38. The Kier molecular flexibility index (Phi) is 6.55. The molecule has 2 aromatic carbocycles. The normalized spacial score (nSPS) is 17.7. The monoisotopic (exact) mass is 419 g/mol. The minimum Gasteiger partial charge on any atom is -0.489 e. The lowest BCUT2D eigenvalue weighted by Gasteiger charge is -2.07. The van der Waals surface area contributed by atoms with E-state index in [4.69, 9.17) is 9.84 Å². The second-order valence-electron chi connectivity index (χ2n) is 5.94. The highest BCUT2D eigenvalue weighted by atomic mass is 32.2. The standard InChI is InChI=1S/C19H15F2N3O4S/c20-13-5-4-12(15(21)7-13)10-28-14-3-1-2-11(6-14)9-22-24-19-23-18(27)16(29-19)8-17(25)26/h1-7,9,16H,8,10H2,(H,25,26)(H,23,24,27). The van der Waals surface area contributed by atoms with E-state index in [9.17, 15) is 18.4 Å². The first-order valence-corrected chi connectivity index (χ1v) is 9.26. The topological polar surface area (TPSA) is 100 Å². The number of ether oxygens (including phenoxy) is 1. The fourth-order valence-electron chi connectivity index (χ4n) is 2.38. The summed E-state index contributed by atoms with van der Waals surface area (Å²) < 4.78 is 32.1. The zero-order chi connectivity index (χ0) is 20.8. The molecular formula is C19H15F2N3O4S. The summed E-state index contributed by atoms with van der Waals surface area (Å²) >= 11 is 1.00. The van der Waals surface area contributed by atoms with E-state index >= 15 is 0 Å². The first-order chi connectivity index (χ1) is 13.9. The third kappa shape index (κ3) is 5.85. The summed E-state index contributed by atoms with van der Waals surface area (Å²) in [4.78, 5) is 22.3. The number of halogens is 2. The lowest BCUT2D eigenvalue weighted by atomic mass is 10.2. The van der Waals surface area contributed by atoms with Crippen molar-refractivity contribution < 1.29 is 28.2 Å². The molecule has 29 heavy (non-hydrogen) atoms. The van der Waals surface area contributed by atoms with Gasteiger partial charge in [0, 0.05) is 11.6 Å². The van der Waals surface area contributed by atoms with Crippen LogP contribution < -0.4 is 10.1 Å². The van der Waals surface area contributed by atoms with Gasteiger partial charge in [-0.2, -0.15) is 5.10 Å². The maximum absolute atomic E-state index is 13.7. The number of carbonyl (C=O) groups is 2. The van der Waals surface area contributed by atoms with Crippen molar-refractivity contribution in [2.75, 3.05) is 0 Å². The highest BCUT2D eigenvalue weighted by Crippen LogP contribution is 2.22. The van der Waals surface area contributed by atoms with Crippen LogP contribution in [-0.4, -0.2) is 33.6 Å². The van der Waals surface area contributed by atoms with E-state index in [1.807, 2.05) is 0 Å². The molecule has 7 nitrogen and oxygen atoms in total. The van der Waals surface area contributed by atoms with Crippen molar-refractivity contribution in [1.29, 1.82) is 0 Å². The number of amidine groups is 1. The Labute approximate surface area is 168 Å². The molecule has 150 valence electrons. The van der Waals surface area contributed by atoms with Crippen molar-refractivity contribution in [3.8, 4) is 5.75 Å². The largest absolute Gasteiger partial charge is 0.489 e. The smallest absolute Gasteiger partial charge is 0.305 e. The molecule has 1 fully saturated rings. The first-order valence-electron chi connectivity index (χ1n) is 8.38. The molecule has 0 bridgehead atoms. The molecule has 1 aliphatic rings. The van der Waals surface area contributed by atoms with E-state index in [0.29, 0.717) is 11.3 Å². The van der Waals surface area contributed by atoms with Crippen LogP contribution in [-0.2, 0) is 16.2 Å². The van der Waals surface area contributed by atoms with Crippen molar-refractivity contribution in [2.24, 2.45) is 10.2 Å². The van der Waals surface area contributed by atoms with Crippen LogP contribution in [0.15, 0.2) is 52.7 Å². The van der Waals surface area contributed by atoms with Gasteiger partial charge in [0.1, 0.15) is 29.2 Å². The van der Waals surface area contributed by atoms with Crippen LogP contribution in [0.5, 0.6) is 5.75 Å². The molecule has 1 heterocycles. The van der Waals surface area contributed by atoms with Gasteiger partial charge in [0.2, 0.25) is 5.91 Å². The third-order valence-corrected chi connectivity index (χ3v) is 4.83. The molecular weight excluding hydrogens is 404 g/mol. The van der Waals surface area contributed by atoms with E-state index in [-0.39, 0.29) is 23.8 Å². The predicted molar refractivity (Wildman–Crippen MR) is 104 cm³/mol. The Bertz CT molecular complexity index is 997. The van der Waals surface area contributed by atoms with E-state index in [2.05, 4.69) is 15.5 Å². The van der Waals surface area contributed by atoms with E-state index in [1.54, 1.807) is 24.3 Å². The molecule has 0 aromatic heterocycles. The van der Waals surface area contributed by atoms with Gasteiger partial charge in [0.25, 0.3) is 0 Å². The van der Waals surface area contributed by atoms with Crippen LogP contribution >= 0.6 is 11.8 Å². The van der Waals surface area contributed by atoms with Crippen molar-refractivity contribution in [3.05, 3.63) is 65.2 Å². The average Bonchev–Trinajstić information content (AvgIpc) is 3.00. The molecule has 2 aromatic rings. The van der Waals surface area contributed by atoms with E-state index in [0.717, 1.165) is 23.9 Å². The third-order valence-electron chi connectivity index (χ3n) is 3.76. The molecule has 1 amide bonds. The number of benzene rings is 2. The number of amides is 1. The molecule has 3 rings (SSSR count).